The van der Waals surface area contributed by atoms with Crippen molar-refractivity contribution in [1.29, 1.82) is 0 Å². The Morgan fingerprint density at radius 2 is 1.68 bits per heavy atom. The van der Waals surface area contributed by atoms with Gasteiger partial charge in [-0.2, -0.15) is 0 Å². The van der Waals surface area contributed by atoms with Crippen LogP contribution in [0.2, 0.25) is 0 Å². The molecule has 0 spiro atoms. The summed E-state index contributed by atoms with van der Waals surface area (Å²) >= 11 is 0. The highest BCUT2D eigenvalue weighted by Crippen LogP contribution is 2.33. The molecule has 0 aromatic heterocycles. The Labute approximate surface area is 210 Å². The molecule has 1 amide bonds. The molecular formula is C28H39ClN2O3. The lowest BCUT2D eigenvalue weighted by Gasteiger charge is -2.43. The molecule has 5 nitrogen and oxygen atoms in total. The number of carbonyl (C=O) groups excluding carboxylic acids is 1. The Balaban J connectivity index is 0.00000324. The van der Waals surface area contributed by atoms with Gasteiger partial charge in [-0.1, -0.05) is 36.2 Å². The Bertz CT molecular complexity index is 963. The molecule has 6 heteroatoms. The Morgan fingerprint density at radius 3 is 2.35 bits per heavy atom. The van der Waals surface area contributed by atoms with Crippen molar-refractivity contribution in [3.05, 3.63) is 58.7 Å². The van der Waals surface area contributed by atoms with E-state index in [1.165, 1.54) is 29.5 Å². The lowest BCUT2D eigenvalue weighted by Crippen LogP contribution is -2.54. The molecule has 2 atom stereocenters. The van der Waals surface area contributed by atoms with Gasteiger partial charge in [0, 0.05) is 25.2 Å². The topological polar surface area (TPSA) is 42.0 Å². The monoisotopic (exact) mass is 486 g/mol. The van der Waals surface area contributed by atoms with Gasteiger partial charge in [0.15, 0.2) is 11.5 Å². The number of fused-ring (bicyclic) bond motifs is 1. The third kappa shape index (κ3) is 5.87. The fourth-order valence-corrected chi connectivity index (χ4v) is 5.50. The molecular weight excluding hydrogens is 448 g/mol. The first-order chi connectivity index (χ1) is 16.0. The van der Waals surface area contributed by atoms with Gasteiger partial charge in [-0.25, -0.2) is 0 Å². The molecule has 2 aliphatic heterocycles. The maximum Gasteiger partial charge on any atom is 0.227 e. The van der Waals surface area contributed by atoms with Crippen LogP contribution < -0.4 is 9.47 Å². The van der Waals surface area contributed by atoms with Crippen LogP contribution in [0.1, 0.15) is 48.4 Å². The second-order valence-corrected chi connectivity index (χ2v) is 9.57. The molecule has 4 rings (SSSR count). The van der Waals surface area contributed by atoms with Crippen LogP contribution in [0.3, 0.4) is 0 Å². The third-order valence-electron chi connectivity index (χ3n) is 7.51. The van der Waals surface area contributed by atoms with Crippen molar-refractivity contribution in [3.8, 4) is 11.5 Å². The van der Waals surface area contributed by atoms with E-state index in [1.807, 2.05) is 12.1 Å². The number of hydrogen-bond donors (Lipinski definition) is 0. The highest BCUT2D eigenvalue weighted by atomic mass is 35.5. The molecule has 2 unspecified atom stereocenters. The fourth-order valence-electron chi connectivity index (χ4n) is 5.50. The zero-order valence-corrected chi connectivity index (χ0v) is 21.8. The van der Waals surface area contributed by atoms with Gasteiger partial charge in [-0.15, -0.1) is 12.4 Å². The third-order valence-corrected chi connectivity index (χ3v) is 7.51. The van der Waals surface area contributed by atoms with Crippen molar-refractivity contribution >= 4 is 18.3 Å². The lowest BCUT2D eigenvalue weighted by atomic mass is 9.94. The number of rotatable bonds is 7. The number of methoxy groups -OCH3 is 2. The van der Waals surface area contributed by atoms with Gasteiger partial charge in [0.25, 0.3) is 0 Å². The van der Waals surface area contributed by atoms with Crippen LogP contribution in [-0.4, -0.2) is 61.6 Å². The summed E-state index contributed by atoms with van der Waals surface area (Å²) in [5, 5.41) is 0. The summed E-state index contributed by atoms with van der Waals surface area (Å²) < 4.78 is 11.0. The highest BCUT2D eigenvalue weighted by Gasteiger charge is 2.34. The average molecular weight is 487 g/mol. The van der Waals surface area contributed by atoms with E-state index in [0.29, 0.717) is 18.2 Å². The van der Waals surface area contributed by atoms with Gasteiger partial charge < -0.3 is 14.4 Å². The second-order valence-electron chi connectivity index (χ2n) is 9.57. The quantitative estimate of drug-likeness (QED) is 0.561. The van der Waals surface area contributed by atoms with Crippen molar-refractivity contribution in [3.63, 3.8) is 0 Å². The molecule has 0 aliphatic carbocycles. The van der Waals surface area contributed by atoms with Gasteiger partial charge in [0.2, 0.25) is 5.91 Å². The number of piperidine rings is 1. The van der Waals surface area contributed by atoms with E-state index < -0.39 is 0 Å². The largest absolute Gasteiger partial charge is 0.493 e. The molecule has 0 bridgehead atoms. The van der Waals surface area contributed by atoms with E-state index in [-0.39, 0.29) is 24.4 Å². The van der Waals surface area contributed by atoms with Crippen molar-refractivity contribution in [2.24, 2.45) is 0 Å². The maximum absolute atomic E-state index is 13.4. The van der Waals surface area contributed by atoms with Crippen LogP contribution in [-0.2, 0) is 24.1 Å². The summed E-state index contributed by atoms with van der Waals surface area (Å²) in [6.07, 6.45) is 5.98. The van der Waals surface area contributed by atoms with Gasteiger partial charge in [0.05, 0.1) is 20.6 Å². The molecule has 2 aromatic rings. The van der Waals surface area contributed by atoms with Crippen LogP contribution in [0.15, 0.2) is 36.4 Å². The van der Waals surface area contributed by atoms with E-state index >= 15 is 0 Å². The van der Waals surface area contributed by atoms with Crippen LogP contribution in [0.5, 0.6) is 11.5 Å². The minimum atomic E-state index is 0. The van der Waals surface area contributed by atoms with E-state index in [9.17, 15) is 4.79 Å². The zero-order chi connectivity index (χ0) is 23.4. The molecule has 2 heterocycles. The molecule has 0 radical (unpaired) electrons. The summed E-state index contributed by atoms with van der Waals surface area (Å²) in [5.74, 6) is 1.65. The molecule has 1 saturated heterocycles. The minimum Gasteiger partial charge on any atom is -0.493 e. The number of ether oxygens (including phenoxy) is 2. The standard InChI is InChI=1S/C28H38N2O3.ClH/c1-20-8-10-22(11-9-20)12-15-29-14-6-5-7-25(29)21(2)30-16-13-23-17-26(32-3)27(33-4)18-24(23)19-28(30)31;/h8-11,17-18,21,25H,5-7,12-16,19H2,1-4H3;1H. The average Bonchev–Trinajstić information content (AvgIpc) is 3.00. The molecule has 186 valence electrons. The highest BCUT2D eigenvalue weighted by molar-refractivity contribution is 5.85. The molecule has 1 fully saturated rings. The summed E-state index contributed by atoms with van der Waals surface area (Å²) in [4.78, 5) is 18.1. The van der Waals surface area contributed by atoms with Crippen molar-refractivity contribution in [2.45, 2.75) is 64.5 Å². The summed E-state index contributed by atoms with van der Waals surface area (Å²) in [6, 6.07) is 13.5. The number of benzene rings is 2. The zero-order valence-electron chi connectivity index (χ0n) is 21.0. The number of nitrogens with zero attached hydrogens (tertiary/aromatic N) is 2. The Kier molecular flexibility index (Phi) is 9.26. The summed E-state index contributed by atoms with van der Waals surface area (Å²) in [6.45, 7) is 7.32. The molecule has 0 saturated carbocycles. The lowest BCUT2D eigenvalue weighted by molar-refractivity contribution is -0.134. The molecule has 0 N–H and O–H groups in total. The van der Waals surface area contributed by atoms with E-state index in [2.05, 4.69) is 47.9 Å². The van der Waals surface area contributed by atoms with Crippen LogP contribution in [0.25, 0.3) is 0 Å². The number of carbonyl (C=O) groups is 1. The number of hydrogen-bond acceptors (Lipinski definition) is 4. The second kappa shape index (κ2) is 11.9. The van der Waals surface area contributed by atoms with Crippen LogP contribution in [0.4, 0.5) is 0 Å². The first kappa shape index (κ1) is 26.4. The van der Waals surface area contributed by atoms with Gasteiger partial charge in [-0.3, -0.25) is 9.69 Å². The smallest absolute Gasteiger partial charge is 0.227 e. The predicted octanol–water partition coefficient (Wildman–Crippen LogP) is 4.85. The molecule has 2 aromatic carbocycles. The van der Waals surface area contributed by atoms with Gasteiger partial charge >= 0.3 is 0 Å². The summed E-state index contributed by atoms with van der Waals surface area (Å²) in [5.41, 5.74) is 4.95. The maximum atomic E-state index is 13.4. The van der Waals surface area contributed by atoms with Gasteiger partial charge in [-0.05, 0) is 74.9 Å². The first-order valence-electron chi connectivity index (χ1n) is 12.3. The van der Waals surface area contributed by atoms with Crippen molar-refractivity contribution < 1.29 is 14.3 Å². The Hall–Kier alpha value is -2.24. The first-order valence-corrected chi connectivity index (χ1v) is 12.3. The van der Waals surface area contributed by atoms with E-state index in [0.717, 1.165) is 50.2 Å². The summed E-state index contributed by atoms with van der Waals surface area (Å²) in [7, 11) is 3.31. The van der Waals surface area contributed by atoms with Crippen molar-refractivity contribution in [2.75, 3.05) is 33.9 Å². The van der Waals surface area contributed by atoms with E-state index in [4.69, 9.17) is 9.47 Å². The van der Waals surface area contributed by atoms with Crippen molar-refractivity contribution in [1.82, 2.24) is 9.80 Å². The number of amides is 1. The Morgan fingerprint density at radius 1 is 1.00 bits per heavy atom. The van der Waals surface area contributed by atoms with Gasteiger partial charge in [0.1, 0.15) is 0 Å². The van der Waals surface area contributed by atoms with E-state index in [1.54, 1.807) is 14.2 Å². The number of halogens is 1. The fraction of sp³-hybridized carbons (Fsp3) is 0.536. The minimum absolute atomic E-state index is 0. The number of aryl methyl sites for hydroxylation is 1. The number of likely N-dealkylation sites (tertiary alicyclic amines) is 1. The predicted molar refractivity (Wildman–Crippen MR) is 139 cm³/mol. The molecule has 34 heavy (non-hydrogen) atoms. The van der Waals surface area contributed by atoms with Crippen LogP contribution >= 0.6 is 12.4 Å². The van der Waals surface area contributed by atoms with Crippen LogP contribution in [0, 0.1) is 6.92 Å². The normalized spacial score (nSPS) is 19.6. The SMILES string of the molecule is COc1cc2c(cc1OC)CC(=O)N(C(C)C1CCCCN1CCc1ccc(C)cc1)CC2.Cl. The molecule has 2 aliphatic rings.